The molecule has 2 rings (SSSR count). The molecule has 3 heteroatoms. The highest BCUT2D eigenvalue weighted by Gasteiger charge is 2.12. The molecule has 2 aromatic carbocycles. The Hall–Kier alpha value is -3.07. The zero-order chi connectivity index (χ0) is 21.0. The van der Waals surface area contributed by atoms with Crippen LogP contribution >= 0.6 is 0 Å². The van der Waals surface area contributed by atoms with E-state index in [1.807, 2.05) is 52.1 Å². The summed E-state index contributed by atoms with van der Waals surface area (Å²) in [4.78, 5) is 0. The molecule has 0 aromatic heterocycles. The van der Waals surface area contributed by atoms with Crippen LogP contribution in [0, 0.1) is 19.7 Å². The number of halogens is 1. The van der Waals surface area contributed by atoms with Gasteiger partial charge < -0.3 is 11.1 Å². The van der Waals surface area contributed by atoms with Crippen molar-refractivity contribution in [1.29, 1.82) is 0 Å². The summed E-state index contributed by atoms with van der Waals surface area (Å²) < 4.78 is 13.5. The minimum Gasteiger partial charge on any atom is -0.399 e. The molecule has 0 aliphatic carbocycles. The number of nitrogens with one attached hydrogen (secondary N) is 1. The van der Waals surface area contributed by atoms with Crippen LogP contribution in [0.4, 0.5) is 4.39 Å². The van der Waals surface area contributed by atoms with E-state index in [1.165, 1.54) is 6.07 Å². The van der Waals surface area contributed by atoms with Gasteiger partial charge in [-0.1, -0.05) is 36.9 Å². The molecule has 2 nitrogen and oxygen atoms in total. The lowest BCUT2D eigenvalue weighted by Gasteiger charge is -2.16. The smallest absolute Gasteiger partial charge is 0.123 e. The molecule has 0 unspecified atom stereocenters. The lowest BCUT2D eigenvalue weighted by Crippen LogP contribution is -2.08. The Morgan fingerprint density at radius 1 is 1.00 bits per heavy atom. The van der Waals surface area contributed by atoms with Crippen molar-refractivity contribution < 1.29 is 4.39 Å². The van der Waals surface area contributed by atoms with E-state index >= 15 is 0 Å². The standard InChI is InChI=1S/C25H29FN2/c1-15(2)23(24-13-20(19(6)27)9-8-16(24)3)14-25(28-7)18(5)22-11-10-21(26)12-17(22)4/h8-14,28H,1,6,27H2,2-5,7H3/b23-14+,25-18+. The maximum Gasteiger partial charge on any atom is 0.123 e. The summed E-state index contributed by atoms with van der Waals surface area (Å²) in [6.07, 6.45) is 2.09. The molecule has 0 spiro atoms. The molecule has 0 fully saturated rings. The summed E-state index contributed by atoms with van der Waals surface area (Å²) in [7, 11) is 1.88. The summed E-state index contributed by atoms with van der Waals surface area (Å²) in [5.74, 6) is -0.229. The minimum atomic E-state index is -0.229. The van der Waals surface area contributed by atoms with Crippen molar-refractivity contribution >= 4 is 16.8 Å². The highest BCUT2D eigenvalue weighted by molar-refractivity contribution is 5.85. The molecule has 146 valence electrons. The Morgan fingerprint density at radius 2 is 1.68 bits per heavy atom. The Bertz CT molecular complexity index is 994. The van der Waals surface area contributed by atoms with Gasteiger partial charge in [0.2, 0.25) is 0 Å². The van der Waals surface area contributed by atoms with Crippen LogP contribution in [0.3, 0.4) is 0 Å². The molecule has 2 aromatic rings. The van der Waals surface area contributed by atoms with E-state index in [-0.39, 0.29) is 5.82 Å². The van der Waals surface area contributed by atoms with Gasteiger partial charge in [-0.3, -0.25) is 0 Å². The van der Waals surface area contributed by atoms with E-state index in [9.17, 15) is 4.39 Å². The van der Waals surface area contributed by atoms with E-state index in [0.717, 1.165) is 50.2 Å². The molecule has 3 N–H and O–H groups in total. The Morgan fingerprint density at radius 3 is 2.21 bits per heavy atom. The van der Waals surface area contributed by atoms with E-state index in [1.54, 1.807) is 6.07 Å². The van der Waals surface area contributed by atoms with Gasteiger partial charge in [-0.25, -0.2) is 4.39 Å². The van der Waals surface area contributed by atoms with Crippen molar-refractivity contribution in [3.05, 3.63) is 101 Å². The summed E-state index contributed by atoms with van der Waals surface area (Å²) in [5.41, 5.74) is 15.4. The van der Waals surface area contributed by atoms with Crippen LogP contribution in [-0.2, 0) is 0 Å². The van der Waals surface area contributed by atoms with Crippen molar-refractivity contribution in [2.24, 2.45) is 5.73 Å². The van der Waals surface area contributed by atoms with Crippen molar-refractivity contribution in [2.45, 2.75) is 27.7 Å². The zero-order valence-electron chi connectivity index (χ0n) is 17.4. The molecule has 0 radical (unpaired) electrons. The number of benzene rings is 2. The van der Waals surface area contributed by atoms with E-state index < -0.39 is 0 Å². The second-order valence-corrected chi connectivity index (χ2v) is 7.14. The van der Waals surface area contributed by atoms with E-state index in [2.05, 4.69) is 31.5 Å². The normalized spacial score (nSPS) is 12.4. The first-order valence-electron chi connectivity index (χ1n) is 9.24. The predicted molar refractivity (Wildman–Crippen MR) is 120 cm³/mol. The fraction of sp³-hybridized carbons (Fsp3) is 0.200. The van der Waals surface area contributed by atoms with E-state index in [0.29, 0.717) is 5.70 Å². The molecule has 0 amide bonds. The third-order valence-electron chi connectivity index (χ3n) is 4.91. The van der Waals surface area contributed by atoms with Crippen LogP contribution in [-0.4, -0.2) is 7.05 Å². The first kappa shape index (κ1) is 21.2. The molecule has 0 saturated heterocycles. The largest absolute Gasteiger partial charge is 0.399 e. The summed E-state index contributed by atoms with van der Waals surface area (Å²) >= 11 is 0. The second kappa shape index (κ2) is 8.75. The second-order valence-electron chi connectivity index (χ2n) is 7.14. The quantitative estimate of drug-likeness (QED) is 0.608. The van der Waals surface area contributed by atoms with Gasteiger partial charge in [-0.2, -0.15) is 0 Å². The molecular formula is C25H29FN2. The zero-order valence-corrected chi connectivity index (χ0v) is 17.4. The fourth-order valence-corrected chi connectivity index (χ4v) is 3.25. The number of hydrogen-bond acceptors (Lipinski definition) is 2. The van der Waals surface area contributed by atoms with Crippen molar-refractivity contribution in [2.75, 3.05) is 7.05 Å². The average Bonchev–Trinajstić information content (AvgIpc) is 2.62. The van der Waals surface area contributed by atoms with Gasteiger partial charge in [0, 0.05) is 18.4 Å². The number of likely N-dealkylation sites (N-methyl/N-ethyl adjacent to an activating group) is 1. The minimum absolute atomic E-state index is 0.229. The molecule has 0 bridgehead atoms. The molecule has 0 heterocycles. The third kappa shape index (κ3) is 4.61. The van der Waals surface area contributed by atoms with Crippen LogP contribution in [0.1, 0.15) is 41.7 Å². The van der Waals surface area contributed by atoms with Crippen molar-refractivity contribution in [3.8, 4) is 0 Å². The molecule has 0 atom stereocenters. The number of allylic oxidation sites excluding steroid dienone is 4. The molecular weight excluding hydrogens is 347 g/mol. The lowest BCUT2D eigenvalue weighted by molar-refractivity contribution is 0.626. The Kier molecular flexibility index (Phi) is 6.63. The van der Waals surface area contributed by atoms with Gasteiger partial charge in [-0.15, -0.1) is 0 Å². The van der Waals surface area contributed by atoms with E-state index in [4.69, 9.17) is 5.73 Å². The fourth-order valence-electron chi connectivity index (χ4n) is 3.25. The van der Waals surface area contributed by atoms with Crippen LogP contribution in [0.2, 0.25) is 0 Å². The monoisotopic (exact) mass is 376 g/mol. The summed E-state index contributed by atoms with van der Waals surface area (Å²) in [6, 6.07) is 10.9. The molecule has 0 saturated carbocycles. The Labute approximate surface area is 168 Å². The Balaban J connectivity index is 2.69. The van der Waals surface area contributed by atoms with Crippen molar-refractivity contribution in [1.82, 2.24) is 5.32 Å². The van der Waals surface area contributed by atoms with Crippen LogP contribution in [0.5, 0.6) is 0 Å². The van der Waals surface area contributed by atoms with Crippen LogP contribution < -0.4 is 11.1 Å². The first-order valence-corrected chi connectivity index (χ1v) is 9.24. The predicted octanol–water partition coefficient (Wildman–Crippen LogP) is 5.98. The maximum atomic E-state index is 13.5. The maximum absolute atomic E-state index is 13.5. The average molecular weight is 377 g/mol. The van der Waals surface area contributed by atoms with Gasteiger partial charge in [0.25, 0.3) is 0 Å². The van der Waals surface area contributed by atoms with Gasteiger partial charge in [0.1, 0.15) is 5.82 Å². The van der Waals surface area contributed by atoms with Gasteiger partial charge >= 0.3 is 0 Å². The summed E-state index contributed by atoms with van der Waals surface area (Å²) in [6.45, 7) is 16.0. The van der Waals surface area contributed by atoms with Gasteiger partial charge in [-0.05, 0) is 90.9 Å². The highest BCUT2D eigenvalue weighted by Crippen LogP contribution is 2.30. The number of aryl methyl sites for hydroxylation is 2. The van der Waals surface area contributed by atoms with Crippen LogP contribution in [0.15, 0.2) is 66.9 Å². The van der Waals surface area contributed by atoms with Gasteiger partial charge in [0.05, 0.1) is 0 Å². The van der Waals surface area contributed by atoms with Gasteiger partial charge in [0.15, 0.2) is 0 Å². The van der Waals surface area contributed by atoms with Crippen LogP contribution in [0.25, 0.3) is 16.8 Å². The highest BCUT2D eigenvalue weighted by atomic mass is 19.1. The molecule has 0 aliphatic heterocycles. The summed E-state index contributed by atoms with van der Waals surface area (Å²) in [5, 5.41) is 3.28. The molecule has 0 aliphatic rings. The topological polar surface area (TPSA) is 38.0 Å². The number of hydrogen-bond donors (Lipinski definition) is 2. The lowest BCUT2D eigenvalue weighted by atomic mass is 9.91. The number of rotatable bonds is 6. The SMILES string of the molecule is C=C(C)/C(=C\C(NC)=C(\C)c1ccc(F)cc1C)c1cc(C(=C)N)ccc1C. The first-order chi connectivity index (χ1) is 13.1. The number of nitrogens with two attached hydrogens (primary N) is 1. The van der Waals surface area contributed by atoms with Crippen molar-refractivity contribution in [3.63, 3.8) is 0 Å². The third-order valence-corrected chi connectivity index (χ3v) is 4.91. The molecule has 28 heavy (non-hydrogen) atoms.